The van der Waals surface area contributed by atoms with Crippen molar-refractivity contribution in [3.8, 4) is 0 Å². The second-order valence-corrected chi connectivity index (χ2v) is 3.68. The van der Waals surface area contributed by atoms with Gasteiger partial charge in [-0.1, -0.05) is 0 Å². The number of nitrogens with two attached hydrogens (primary N) is 1. The van der Waals surface area contributed by atoms with Gasteiger partial charge in [-0.25, -0.2) is 8.78 Å². The van der Waals surface area contributed by atoms with Gasteiger partial charge in [-0.2, -0.15) is 0 Å². The van der Waals surface area contributed by atoms with Crippen LogP contribution in [0.4, 0.5) is 14.5 Å². The van der Waals surface area contributed by atoms with Crippen molar-refractivity contribution in [1.29, 1.82) is 0 Å². The van der Waals surface area contributed by atoms with Crippen LogP contribution in [0.1, 0.15) is 29.3 Å². The van der Waals surface area contributed by atoms with Crippen molar-refractivity contribution in [3.05, 3.63) is 27.7 Å². The quantitative estimate of drug-likeness (QED) is 0.658. The van der Waals surface area contributed by atoms with Crippen LogP contribution >= 0.6 is 15.9 Å². The van der Waals surface area contributed by atoms with Gasteiger partial charge >= 0.3 is 0 Å². The lowest BCUT2D eigenvalue weighted by Gasteiger charge is -2.07. The van der Waals surface area contributed by atoms with Crippen LogP contribution in [0, 0.1) is 0 Å². The number of carbonyl (C=O) groups is 1. The van der Waals surface area contributed by atoms with E-state index in [9.17, 15) is 13.6 Å². The standard InChI is InChI=1S/C9H8BrF2NO/c1-4(14)8-6(10)2-5(9(11)12)3-7(8)13/h2-3,9H,13H2,1H3. The Morgan fingerprint density at radius 2 is 2.07 bits per heavy atom. The summed E-state index contributed by atoms with van der Waals surface area (Å²) in [4.78, 5) is 11.1. The van der Waals surface area contributed by atoms with E-state index in [0.29, 0.717) is 4.47 Å². The first-order chi connectivity index (χ1) is 6.43. The molecular formula is C9H8BrF2NO. The van der Waals surface area contributed by atoms with E-state index in [4.69, 9.17) is 5.73 Å². The number of Topliss-reactive ketones (excluding diaryl/α,β-unsaturated/α-hetero) is 1. The average Bonchev–Trinajstić information content (AvgIpc) is 2.01. The Bertz CT molecular complexity index is 356. The van der Waals surface area contributed by atoms with Crippen molar-refractivity contribution in [2.75, 3.05) is 5.73 Å². The highest BCUT2D eigenvalue weighted by Crippen LogP contribution is 2.30. The van der Waals surface area contributed by atoms with Crippen LogP contribution < -0.4 is 5.73 Å². The van der Waals surface area contributed by atoms with E-state index >= 15 is 0 Å². The first-order valence-electron chi connectivity index (χ1n) is 3.81. The number of halogens is 3. The molecule has 0 aromatic heterocycles. The minimum absolute atomic E-state index is 0.0715. The van der Waals surface area contributed by atoms with E-state index in [1.807, 2.05) is 0 Å². The van der Waals surface area contributed by atoms with Crippen LogP contribution in [0.5, 0.6) is 0 Å². The van der Waals surface area contributed by atoms with Crippen LogP contribution in [0.25, 0.3) is 0 Å². The first kappa shape index (κ1) is 11.1. The largest absolute Gasteiger partial charge is 0.398 e. The highest BCUT2D eigenvalue weighted by molar-refractivity contribution is 9.10. The molecule has 0 spiro atoms. The smallest absolute Gasteiger partial charge is 0.263 e. The molecule has 1 rings (SSSR count). The molecular weight excluding hydrogens is 256 g/mol. The molecule has 0 amide bonds. The van der Waals surface area contributed by atoms with Crippen LogP contribution in [0.15, 0.2) is 16.6 Å². The van der Waals surface area contributed by atoms with E-state index in [1.54, 1.807) is 0 Å². The van der Waals surface area contributed by atoms with Gasteiger partial charge in [0.25, 0.3) is 6.43 Å². The van der Waals surface area contributed by atoms with Gasteiger partial charge in [0.2, 0.25) is 0 Å². The molecule has 0 atom stereocenters. The summed E-state index contributed by atoms with van der Waals surface area (Å²) in [7, 11) is 0. The van der Waals surface area contributed by atoms with Crippen molar-refractivity contribution >= 4 is 27.4 Å². The Kier molecular flexibility index (Phi) is 3.21. The van der Waals surface area contributed by atoms with Gasteiger partial charge in [0.1, 0.15) is 0 Å². The van der Waals surface area contributed by atoms with Crippen molar-refractivity contribution in [2.45, 2.75) is 13.3 Å². The number of carbonyl (C=O) groups excluding carboxylic acids is 1. The Labute approximate surface area is 88.2 Å². The minimum atomic E-state index is -2.59. The van der Waals surface area contributed by atoms with Crippen molar-refractivity contribution < 1.29 is 13.6 Å². The molecule has 5 heteroatoms. The summed E-state index contributed by atoms with van der Waals surface area (Å²) < 4.78 is 24.9. The molecule has 1 aromatic carbocycles. The lowest BCUT2D eigenvalue weighted by molar-refractivity contribution is 0.101. The fourth-order valence-electron chi connectivity index (χ4n) is 1.15. The van der Waals surface area contributed by atoms with Crippen LogP contribution in [0.2, 0.25) is 0 Å². The maximum absolute atomic E-state index is 12.3. The Hall–Kier alpha value is -0.970. The third kappa shape index (κ3) is 2.09. The predicted molar refractivity (Wildman–Crippen MR) is 53.5 cm³/mol. The summed E-state index contributed by atoms with van der Waals surface area (Å²) in [5.74, 6) is -0.254. The van der Waals surface area contributed by atoms with E-state index in [2.05, 4.69) is 15.9 Å². The summed E-state index contributed by atoms with van der Waals surface area (Å²) in [6, 6.07) is 2.32. The summed E-state index contributed by atoms with van der Waals surface area (Å²) in [5, 5.41) is 0. The number of hydrogen-bond acceptors (Lipinski definition) is 2. The van der Waals surface area contributed by atoms with Crippen LogP contribution in [-0.2, 0) is 0 Å². The van der Waals surface area contributed by atoms with Crippen LogP contribution in [0.3, 0.4) is 0 Å². The lowest BCUT2D eigenvalue weighted by atomic mass is 10.1. The number of rotatable bonds is 2. The fourth-order valence-corrected chi connectivity index (χ4v) is 1.92. The molecule has 0 fully saturated rings. The second-order valence-electron chi connectivity index (χ2n) is 2.82. The number of ketones is 1. The number of hydrogen-bond donors (Lipinski definition) is 1. The zero-order chi connectivity index (χ0) is 10.9. The van der Waals surface area contributed by atoms with Gasteiger partial charge in [0.05, 0.1) is 5.56 Å². The molecule has 1 aromatic rings. The third-order valence-corrected chi connectivity index (χ3v) is 2.37. The Morgan fingerprint density at radius 3 is 2.43 bits per heavy atom. The molecule has 14 heavy (non-hydrogen) atoms. The molecule has 0 saturated heterocycles. The lowest BCUT2D eigenvalue weighted by Crippen LogP contribution is -2.02. The summed E-state index contributed by atoms with van der Waals surface area (Å²) in [6.07, 6.45) is -2.59. The second kappa shape index (κ2) is 4.04. The third-order valence-electron chi connectivity index (χ3n) is 1.75. The monoisotopic (exact) mass is 263 g/mol. The van der Waals surface area contributed by atoms with Gasteiger partial charge in [-0.05, 0) is 35.0 Å². The molecule has 0 heterocycles. The van der Waals surface area contributed by atoms with E-state index < -0.39 is 6.43 Å². The molecule has 2 N–H and O–H groups in total. The molecule has 2 nitrogen and oxygen atoms in total. The summed E-state index contributed by atoms with van der Waals surface area (Å²) in [5.41, 5.74) is 5.60. The topological polar surface area (TPSA) is 43.1 Å². The molecule has 0 unspecified atom stereocenters. The predicted octanol–water partition coefficient (Wildman–Crippen LogP) is 3.17. The van der Waals surface area contributed by atoms with Crippen molar-refractivity contribution in [2.24, 2.45) is 0 Å². The van der Waals surface area contributed by atoms with Gasteiger partial charge in [-0.15, -0.1) is 0 Å². The summed E-state index contributed by atoms with van der Waals surface area (Å²) >= 11 is 3.03. The van der Waals surface area contributed by atoms with Gasteiger partial charge in [0.15, 0.2) is 5.78 Å². The van der Waals surface area contributed by atoms with E-state index in [0.717, 1.165) is 6.07 Å². The molecule has 0 radical (unpaired) electrons. The van der Waals surface area contributed by atoms with E-state index in [-0.39, 0.29) is 22.6 Å². The molecule has 0 saturated carbocycles. The van der Waals surface area contributed by atoms with E-state index in [1.165, 1.54) is 13.0 Å². The SMILES string of the molecule is CC(=O)c1c(N)cc(C(F)F)cc1Br. The highest BCUT2D eigenvalue weighted by atomic mass is 79.9. The zero-order valence-electron chi connectivity index (χ0n) is 7.35. The Balaban J connectivity index is 3.32. The molecule has 0 aliphatic heterocycles. The number of benzene rings is 1. The maximum Gasteiger partial charge on any atom is 0.263 e. The Morgan fingerprint density at radius 1 is 1.50 bits per heavy atom. The first-order valence-corrected chi connectivity index (χ1v) is 4.60. The molecule has 0 aliphatic rings. The number of alkyl halides is 2. The van der Waals surface area contributed by atoms with Gasteiger partial charge < -0.3 is 5.73 Å². The summed E-state index contributed by atoms with van der Waals surface area (Å²) in [6.45, 7) is 1.33. The highest BCUT2D eigenvalue weighted by Gasteiger charge is 2.15. The van der Waals surface area contributed by atoms with Crippen molar-refractivity contribution in [1.82, 2.24) is 0 Å². The fraction of sp³-hybridized carbons (Fsp3) is 0.222. The molecule has 0 bridgehead atoms. The molecule has 0 aliphatic carbocycles. The average molecular weight is 264 g/mol. The maximum atomic E-state index is 12.3. The normalized spacial score (nSPS) is 10.6. The van der Waals surface area contributed by atoms with Gasteiger partial charge in [-0.3, -0.25) is 4.79 Å². The van der Waals surface area contributed by atoms with Crippen LogP contribution in [-0.4, -0.2) is 5.78 Å². The molecule has 76 valence electrons. The number of anilines is 1. The van der Waals surface area contributed by atoms with Crippen molar-refractivity contribution in [3.63, 3.8) is 0 Å². The number of nitrogen functional groups attached to an aromatic ring is 1. The zero-order valence-corrected chi connectivity index (χ0v) is 8.94. The minimum Gasteiger partial charge on any atom is -0.398 e. The van der Waals surface area contributed by atoms with Gasteiger partial charge in [0, 0.05) is 15.7 Å².